The van der Waals surface area contributed by atoms with Crippen molar-refractivity contribution >= 4 is 17.6 Å². The van der Waals surface area contributed by atoms with Gasteiger partial charge in [0.25, 0.3) is 0 Å². The zero-order chi connectivity index (χ0) is 13.0. The largest absolute Gasteiger partial charge is 0.456 e. The van der Waals surface area contributed by atoms with Crippen molar-refractivity contribution in [1.82, 2.24) is 10.3 Å². The zero-order valence-corrected chi connectivity index (χ0v) is 10.3. The van der Waals surface area contributed by atoms with Crippen LogP contribution in [-0.4, -0.2) is 30.3 Å². The molecular formula is C12H12ClFN2O2. The second-order valence-electron chi connectivity index (χ2n) is 3.97. The van der Waals surface area contributed by atoms with Crippen molar-refractivity contribution in [3.8, 4) is 0 Å². The van der Waals surface area contributed by atoms with Crippen molar-refractivity contribution in [2.75, 3.05) is 13.3 Å². The van der Waals surface area contributed by atoms with Gasteiger partial charge in [0.1, 0.15) is 18.4 Å². The van der Waals surface area contributed by atoms with Gasteiger partial charge in [-0.2, -0.15) is 0 Å². The van der Waals surface area contributed by atoms with E-state index in [0.717, 1.165) is 5.56 Å². The molecule has 0 radical (unpaired) electrons. The Hall–Kier alpha value is -1.62. The van der Waals surface area contributed by atoms with Crippen LogP contribution in [-0.2, 0) is 16.0 Å². The van der Waals surface area contributed by atoms with Crippen molar-refractivity contribution in [1.29, 1.82) is 0 Å². The van der Waals surface area contributed by atoms with Crippen LogP contribution in [0.3, 0.4) is 0 Å². The molecule has 18 heavy (non-hydrogen) atoms. The Bertz CT molecular complexity index is 462. The maximum Gasteiger partial charge on any atom is 0.333 e. The number of alkyl halides is 1. The predicted octanol–water partition coefficient (Wildman–Crippen LogP) is 1.65. The number of esters is 1. The van der Waals surface area contributed by atoms with Gasteiger partial charge in [0.15, 0.2) is 0 Å². The van der Waals surface area contributed by atoms with Crippen molar-refractivity contribution < 1.29 is 13.9 Å². The average Bonchev–Trinajstić information content (AvgIpc) is 2.77. The monoisotopic (exact) mass is 270 g/mol. The summed E-state index contributed by atoms with van der Waals surface area (Å²) in [6.07, 6.45) is 3.41. The number of hydrogen-bond acceptors (Lipinski definition) is 4. The molecule has 2 rings (SSSR count). The van der Waals surface area contributed by atoms with E-state index in [1.54, 1.807) is 18.3 Å². The van der Waals surface area contributed by atoms with E-state index in [9.17, 15) is 9.18 Å². The van der Waals surface area contributed by atoms with Crippen LogP contribution in [0.2, 0.25) is 5.15 Å². The Morgan fingerprint density at radius 2 is 2.39 bits per heavy atom. The van der Waals surface area contributed by atoms with Gasteiger partial charge < -0.3 is 10.1 Å². The fraction of sp³-hybridized carbons (Fsp3) is 0.333. The Kier molecular flexibility index (Phi) is 4.15. The standard InChI is InChI=1S/C12H12ClFN2O2/c13-11-2-1-8(6-15-11)3-9(5-14)16-10-4-12(17)18-7-10/h1-2,4,6,9,16H,3,5,7H2. The summed E-state index contributed by atoms with van der Waals surface area (Å²) >= 11 is 5.67. The minimum atomic E-state index is -0.547. The van der Waals surface area contributed by atoms with Crippen LogP contribution in [0.4, 0.5) is 4.39 Å². The van der Waals surface area contributed by atoms with Crippen molar-refractivity contribution in [2.45, 2.75) is 12.5 Å². The number of hydrogen-bond donors (Lipinski definition) is 1. The third-order valence-corrected chi connectivity index (χ3v) is 2.73. The first kappa shape index (κ1) is 12.8. The Morgan fingerprint density at radius 3 is 2.94 bits per heavy atom. The molecule has 1 aliphatic rings. The summed E-state index contributed by atoms with van der Waals surface area (Å²) in [5, 5.41) is 3.34. The Morgan fingerprint density at radius 1 is 1.56 bits per heavy atom. The zero-order valence-electron chi connectivity index (χ0n) is 9.53. The first-order valence-electron chi connectivity index (χ1n) is 5.47. The van der Waals surface area contributed by atoms with Crippen LogP contribution in [0.1, 0.15) is 5.56 Å². The van der Waals surface area contributed by atoms with E-state index in [1.807, 2.05) is 0 Å². The number of halogens is 2. The molecule has 1 aromatic heterocycles. The second-order valence-corrected chi connectivity index (χ2v) is 4.35. The summed E-state index contributed by atoms with van der Waals surface area (Å²) in [5.74, 6) is -0.400. The molecule has 0 aliphatic carbocycles. The van der Waals surface area contributed by atoms with Gasteiger partial charge in [-0.1, -0.05) is 17.7 Å². The van der Waals surface area contributed by atoms with Gasteiger partial charge in [-0.05, 0) is 18.1 Å². The van der Waals surface area contributed by atoms with Gasteiger partial charge in [-0.25, -0.2) is 14.2 Å². The predicted molar refractivity (Wildman–Crippen MR) is 64.9 cm³/mol. The van der Waals surface area contributed by atoms with Crippen LogP contribution in [0.5, 0.6) is 0 Å². The quantitative estimate of drug-likeness (QED) is 0.653. The van der Waals surface area contributed by atoms with Crippen molar-refractivity contribution in [3.63, 3.8) is 0 Å². The Balaban J connectivity index is 1.95. The molecular weight excluding hydrogens is 259 g/mol. The summed E-state index contributed by atoms with van der Waals surface area (Å²) in [4.78, 5) is 14.8. The summed E-state index contributed by atoms with van der Waals surface area (Å²) in [7, 11) is 0. The smallest absolute Gasteiger partial charge is 0.333 e. The molecule has 0 bridgehead atoms. The number of carbonyl (C=O) groups is 1. The molecule has 0 saturated carbocycles. The lowest BCUT2D eigenvalue weighted by Gasteiger charge is -2.16. The number of pyridine rings is 1. The molecule has 0 spiro atoms. The molecule has 4 nitrogen and oxygen atoms in total. The number of ether oxygens (including phenoxy) is 1. The summed E-state index contributed by atoms with van der Waals surface area (Å²) < 4.78 is 17.6. The van der Waals surface area contributed by atoms with Crippen LogP contribution < -0.4 is 5.32 Å². The van der Waals surface area contributed by atoms with E-state index in [0.29, 0.717) is 17.3 Å². The first-order valence-corrected chi connectivity index (χ1v) is 5.85. The van der Waals surface area contributed by atoms with E-state index in [-0.39, 0.29) is 6.61 Å². The fourth-order valence-corrected chi connectivity index (χ4v) is 1.79. The summed E-state index contributed by atoms with van der Waals surface area (Å²) in [6, 6.07) is 3.05. The minimum absolute atomic E-state index is 0.175. The van der Waals surface area contributed by atoms with Gasteiger partial charge in [0.2, 0.25) is 0 Å². The third-order valence-electron chi connectivity index (χ3n) is 2.51. The normalized spacial score (nSPS) is 16.1. The number of nitrogens with zero attached hydrogens (tertiary/aromatic N) is 1. The maximum atomic E-state index is 12.9. The highest BCUT2D eigenvalue weighted by molar-refractivity contribution is 6.29. The van der Waals surface area contributed by atoms with Gasteiger partial charge in [0, 0.05) is 12.3 Å². The molecule has 0 fully saturated rings. The molecule has 1 aromatic rings. The first-order chi connectivity index (χ1) is 8.67. The number of aromatic nitrogens is 1. The van der Waals surface area contributed by atoms with Crippen molar-refractivity contribution in [3.05, 3.63) is 40.8 Å². The molecule has 1 atom stereocenters. The number of rotatable bonds is 5. The number of nitrogens with one attached hydrogen (secondary N) is 1. The van der Waals surface area contributed by atoms with E-state index >= 15 is 0 Å². The van der Waals surface area contributed by atoms with E-state index in [2.05, 4.69) is 10.3 Å². The average molecular weight is 271 g/mol. The molecule has 1 aliphatic heterocycles. The van der Waals surface area contributed by atoms with Gasteiger partial charge >= 0.3 is 5.97 Å². The molecule has 1 unspecified atom stereocenters. The Labute approximate surface area is 109 Å². The molecule has 96 valence electrons. The van der Waals surface area contributed by atoms with Crippen LogP contribution in [0, 0.1) is 0 Å². The molecule has 0 saturated heterocycles. The topological polar surface area (TPSA) is 51.2 Å². The van der Waals surface area contributed by atoms with Crippen LogP contribution in [0.25, 0.3) is 0 Å². The third kappa shape index (κ3) is 3.43. The highest BCUT2D eigenvalue weighted by Gasteiger charge is 2.17. The van der Waals surface area contributed by atoms with Gasteiger partial charge in [-0.15, -0.1) is 0 Å². The number of cyclic esters (lactones) is 1. The fourth-order valence-electron chi connectivity index (χ4n) is 1.68. The van der Waals surface area contributed by atoms with E-state index < -0.39 is 18.7 Å². The lowest BCUT2D eigenvalue weighted by molar-refractivity contribution is -0.134. The number of carbonyl (C=O) groups excluding carboxylic acids is 1. The molecule has 0 aromatic carbocycles. The SMILES string of the molecule is O=C1C=C(NC(CF)Cc2ccc(Cl)nc2)CO1. The second kappa shape index (κ2) is 5.82. The van der Waals surface area contributed by atoms with Crippen LogP contribution in [0.15, 0.2) is 30.1 Å². The molecule has 6 heteroatoms. The molecule has 2 heterocycles. The lowest BCUT2D eigenvalue weighted by Crippen LogP contribution is -2.33. The highest BCUT2D eigenvalue weighted by atomic mass is 35.5. The minimum Gasteiger partial charge on any atom is -0.456 e. The summed E-state index contributed by atoms with van der Waals surface area (Å²) in [5.41, 5.74) is 1.48. The van der Waals surface area contributed by atoms with Crippen molar-refractivity contribution in [2.24, 2.45) is 0 Å². The molecule has 1 N–H and O–H groups in total. The van der Waals surface area contributed by atoms with Gasteiger partial charge in [-0.3, -0.25) is 0 Å². The maximum absolute atomic E-state index is 12.9. The van der Waals surface area contributed by atoms with E-state index in [4.69, 9.17) is 16.3 Å². The highest BCUT2D eigenvalue weighted by Crippen LogP contribution is 2.10. The van der Waals surface area contributed by atoms with E-state index in [1.165, 1.54) is 6.08 Å². The summed E-state index contributed by atoms with van der Waals surface area (Å²) in [6.45, 7) is -0.373. The molecule has 0 amide bonds. The lowest BCUT2D eigenvalue weighted by atomic mass is 10.1. The van der Waals surface area contributed by atoms with Gasteiger partial charge in [0.05, 0.1) is 11.7 Å². The van der Waals surface area contributed by atoms with Crippen LogP contribution >= 0.6 is 11.6 Å².